The van der Waals surface area contributed by atoms with Crippen LogP contribution in [-0.4, -0.2) is 0 Å². The zero-order valence-electron chi connectivity index (χ0n) is 8.68. The fourth-order valence-electron chi connectivity index (χ4n) is 1.57. The Bertz CT molecular complexity index is 555. The summed E-state index contributed by atoms with van der Waals surface area (Å²) in [6.45, 7) is 0. The number of hydrogen-bond acceptors (Lipinski definition) is 0. The van der Waals surface area contributed by atoms with Crippen LogP contribution in [-0.2, 0) is 5.33 Å². The lowest BCUT2D eigenvalue weighted by Gasteiger charge is -2.08. The van der Waals surface area contributed by atoms with Crippen molar-refractivity contribution in [2.45, 2.75) is 5.33 Å². The minimum atomic E-state index is -0.307. The highest BCUT2D eigenvalue weighted by Gasteiger charge is 2.11. The highest BCUT2D eigenvalue weighted by Crippen LogP contribution is 2.35. The van der Waals surface area contributed by atoms with E-state index in [4.69, 9.17) is 23.2 Å². The predicted molar refractivity (Wildman–Crippen MR) is 74.5 cm³/mol. The molecule has 4 heteroatoms. The van der Waals surface area contributed by atoms with Crippen LogP contribution in [0, 0.1) is 5.82 Å². The highest BCUT2D eigenvalue weighted by molar-refractivity contribution is 9.08. The number of halogens is 4. The summed E-state index contributed by atoms with van der Waals surface area (Å²) in [7, 11) is 0. The van der Waals surface area contributed by atoms with Gasteiger partial charge in [-0.1, -0.05) is 57.3 Å². The fourth-order valence-corrected chi connectivity index (χ4v) is 2.32. The first kappa shape index (κ1) is 12.9. The smallest absolute Gasteiger partial charge is 0.131 e. The zero-order chi connectivity index (χ0) is 12.4. The summed E-state index contributed by atoms with van der Waals surface area (Å²) >= 11 is 15.4. The molecule has 2 aromatic rings. The van der Waals surface area contributed by atoms with Gasteiger partial charge in [0.25, 0.3) is 0 Å². The predicted octanol–water partition coefficient (Wildman–Crippen LogP) is 5.69. The van der Waals surface area contributed by atoms with E-state index in [0.29, 0.717) is 26.5 Å². The van der Waals surface area contributed by atoms with Gasteiger partial charge in [0, 0.05) is 16.5 Å². The van der Waals surface area contributed by atoms with Gasteiger partial charge in [-0.15, -0.1) is 0 Å². The van der Waals surface area contributed by atoms with Gasteiger partial charge in [0.1, 0.15) is 5.82 Å². The monoisotopic (exact) mass is 332 g/mol. The summed E-state index contributed by atoms with van der Waals surface area (Å²) in [6, 6.07) is 10.1. The molecule has 0 amide bonds. The second-order valence-electron chi connectivity index (χ2n) is 3.55. The second-order valence-corrected chi connectivity index (χ2v) is 4.90. The topological polar surface area (TPSA) is 0 Å². The zero-order valence-corrected chi connectivity index (χ0v) is 11.8. The van der Waals surface area contributed by atoms with E-state index in [2.05, 4.69) is 15.9 Å². The molecule has 2 rings (SSSR count). The van der Waals surface area contributed by atoms with Gasteiger partial charge in [0.05, 0.1) is 10.0 Å². The first-order valence-corrected chi connectivity index (χ1v) is 6.80. The molecule has 0 atom stereocenters. The van der Waals surface area contributed by atoms with Crippen molar-refractivity contribution in [3.05, 3.63) is 57.8 Å². The first-order chi connectivity index (χ1) is 8.13. The van der Waals surface area contributed by atoms with Crippen molar-refractivity contribution in [1.82, 2.24) is 0 Å². The Morgan fingerprint density at radius 2 is 1.82 bits per heavy atom. The Morgan fingerprint density at radius 3 is 2.53 bits per heavy atom. The van der Waals surface area contributed by atoms with Crippen molar-refractivity contribution in [1.29, 1.82) is 0 Å². The third-order valence-electron chi connectivity index (χ3n) is 2.43. The van der Waals surface area contributed by atoms with Crippen molar-refractivity contribution in [2.24, 2.45) is 0 Å². The Hall–Kier alpha value is -0.570. The summed E-state index contributed by atoms with van der Waals surface area (Å²) in [5, 5.41) is 1.46. The van der Waals surface area contributed by atoms with Crippen LogP contribution in [0.3, 0.4) is 0 Å². The van der Waals surface area contributed by atoms with Crippen molar-refractivity contribution in [3.63, 3.8) is 0 Å². The van der Waals surface area contributed by atoms with Crippen molar-refractivity contribution in [3.8, 4) is 11.1 Å². The van der Waals surface area contributed by atoms with Crippen molar-refractivity contribution >= 4 is 39.1 Å². The van der Waals surface area contributed by atoms with Crippen LogP contribution in [0.2, 0.25) is 10.0 Å². The Kier molecular flexibility index (Phi) is 4.08. The largest absolute Gasteiger partial charge is 0.206 e. The molecule has 0 saturated carbocycles. The molecular weight excluding hydrogens is 326 g/mol. The van der Waals surface area contributed by atoms with Gasteiger partial charge in [-0.2, -0.15) is 0 Å². The summed E-state index contributed by atoms with van der Waals surface area (Å²) in [6.07, 6.45) is 0. The van der Waals surface area contributed by atoms with Crippen molar-refractivity contribution < 1.29 is 4.39 Å². The van der Waals surface area contributed by atoms with Crippen LogP contribution >= 0.6 is 39.1 Å². The molecule has 0 spiro atoms. The quantitative estimate of drug-likeness (QED) is 0.619. The maximum absolute atomic E-state index is 13.8. The van der Waals surface area contributed by atoms with E-state index in [1.165, 1.54) is 6.07 Å². The van der Waals surface area contributed by atoms with E-state index in [9.17, 15) is 4.39 Å². The third-order valence-corrected chi connectivity index (χ3v) is 3.89. The molecule has 0 N–H and O–H groups in total. The van der Waals surface area contributed by atoms with E-state index in [0.717, 1.165) is 5.56 Å². The molecule has 17 heavy (non-hydrogen) atoms. The molecule has 0 aromatic heterocycles. The van der Waals surface area contributed by atoms with Crippen molar-refractivity contribution in [2.75, 3.05) is 0 Å². The van der Waals surface area contributed by atoms with E-state index < -0.39 is 0 Å². The molecule has 0 aliphatic carbocycles. The Balaban J connectivity index is 2.63. The molecular formula is C13H8BrCl2F. The molecule has 2 aromatic carbocycles. The van der Waals surface area contributed by atoms with E-state index >= 15 is 0 Å². The molecule has 0 radical (unpaired) electrons. The summed E-state index contributed by atoms with van der Waals surface area (Å²) in [4.78, 5) is 0. The summed E-state index contributed by atoms with van der Waals surface area (Å²) < 4.78 is 13.8. The molecule has 0 bridgehead atoms. The molecule has 0 heterocycles. The Labute approximate surface area is 117 Å². The van der Waals surface area contributed by atoms with Crippen LogP contribution in [0.25, 0.3) is 11.1 Å². The molecule has 0 nitrogen and oxygen atoms in total. The van der Waals surface area contributed by atoms with Crippen LogP contribution in [0.1, 0.15) is 5.56 Å². The minimum Gasteiger partial charge on any atom is -0.206 e. The molecule has 0 aliphatic heterocycles. The molecule has 0 fully saturated rings. The van der Waals surface area contributed by atoms with E-state index in [1.807, 2.05) is 0 Å². The lowest BCUT2D eigenvalue weighted by molar-refractivity contribution is 0.631. The Morgan fingerprint density at radius 1 is 1.06 bits per heavy atom. The molecule has 0 saturated heterocycles. The van der Waals surface area contributed by atoms with Gasteiger partial charge < -0.3 is 0 Å². The standard InChI is InChI=1S/C13H8BrCl2F/c14-7-8-4-5-12(17)10(6-8)9-2-1-3-11(15)13(9)16/h1-6H,7H2. The molecule has 88 valence electrons. The lowest BCUT2D eigenvalue weighted by atomic mass is 10.0. The summed E-state index contributed by atoms with van der Waals surface area (Å²) in [5.74, 6) is -0.307. The number of alkyl halides is 1. The minimum absolute atomic E-state index is 0.307. The number of rotatable bonds is 2. The molecule has 0 unspecified atom stereocenters. The number of hydrogen-bond donors (Lipinski definition) is 0. The SMILES string of the molecule is Fc1ccc(CBr)cc1-c1cccc(Cl)c1Cl. The van der Waals surface area contributed by atoms with Gasteiger partial charge in [0.2, 0.25) is 0 Å². The van der Waals surface area contributed by atoms with Crippen LogP contribution in [0.15, 0.2) is 36.4 Å². The number of benzene rings is 2. The fraction of sp³-hybridized carbons (Fsp3) is 0.0769. The third kappa shape index (κ3) is 2.65. The maximum atomic E-state index is 13.8. The van der Waals surface area contributed by atoms with Gasteiger partial charge in [0.15, 0.2) is 0 Å². The first-order valence-electron chi connectivity index (χ1n) is 4.92. The van der Waals surface area contributed by atoms with E-state index in [-0.39, 0.29) is 5.82 Å². The second kappa shape index (κ2) is 5.38. The lowest BCUT2D eigenvalue weighted by Crippen LogP contribution is -1.88. The van der Waals surface area contributed by atoms with Crippen LogP contribution in [0.4, 0.5) is 4.39 Å². The summed E-state index contributed by atoms with van der Waals surface area (Å²) in [5.41, 5.74) is 2.06. The van der Waals surface area contributed by atoms with Gasteiger partial charge in [-0.3, -0.25) is 0 Å². The molecule has 0 aliphatic rings. The van der Waals surface area contributed by atoms with Gasteiger partial charge >= 0.3 is 0 Å². The van der Waals surface area contributed by atoms with E-state index in [1.54, 1.807) is 30.3 Å². The average Bonchev–Trinajstić information content (AvgIpc) is 2.34. The van der Waals surface area contributed by atoms with Gasteiger partial charge in [-0.25, -0.2) is 4.39 Å². The van der Waals surface area contributed by atoms with Crippen LogP contribution < -0.4 is 0 Å². The van der Waals surface area contributed by atoms with Crippen LogP contribution in [0.5, 0.6) is 0 Å². The normalized spacial score (nSPS) is 10.6. The maximum Gasteiger partial charge on any atom is 0.131 e. The highest BCUT2D eigenvalue weighted by atomic mass is 79.9. The van der Waals surface area contributed by atoms with Gasteiger partial charge in [-0.05, 0) is 23.8 Å². The average molecular weight is 334 g/mol.